The van der Waals surface area contributed by atoms with Crippen LogP contribution in [-0.4, -0.2) is 67.8 Å². The molecule has 0 bridgehead atoms. The molecule has 5 heteroatoms. The van der Waals surface area contributed by atoms with Crippen molar-refractivity contribution >= 4 is 0 Å². The highest BCUT2D eigenvalue weighted by molar-refractivity contribution is 4.51. The number of aliphatic hydroxyl groups is 2. The van der Waals surface area contributed by atoms with Crippen LogP contribution in [0.4, 0.5) is 0 Å². The van der Waals surface area contributed by atoms with Crippen molar-refractivity contribution in [2.45, 2.75) is 116 Å². The number of rotatable bonds is 23. The molecule has 0 aliphatic carbocycles. The minimum atomic E-state index is -0.634. The van der Waals surface area contributed by atoms with Gasteiger partial charge in [-0.3, -0.25) is 0 Å². The summed E-state index contributed by atoms with van der Waals surface area (Å²) in [6.07, 6.45) is 21.7. The molecular weight excluding hydrogens is 489 g/mol. The predicted octanol–water partition coefficient (Wildman–Crippen LogP) is 2.70. The maximum atomic E-state index is 9.55. The van der Waals surface area contributed by atoms with Gasteiger partial charge in [0.1, 0.15) is 19.2 Å². The largest absolute Gasteiger partial charge is 1.00 e. The molecule has 30 heavy (non-hydrogen) atoms. The molecular formula is C25H54INO3. The Labute approximate surface area is 205 Å². The predicted molar refractivity (Wildman–Crippen MR) is 125 cm³/mol. The fraction of sp³-hybridized carbons (Fsp3) is 1.00. The van der Waals surface area contributed by atoms with E-state index in [1.54, 1.807) is 0 Å². The first kappa shape index (κ1) is 32.7. The normalized spacial score (nSPS) is 12.7. The number of hydrogen-bond donors (Lipinski definition) is 2. The number of aliphatic hydroxyl groups excluding tert-OH is 2. The summed E-state index contributed by atoms with van der Waals surface area (Å²) in [6, 6.07) is 0. The first-order valence-electron chi connectivity index (χ1n) is 12.7. The van der Waals surface area contributed by atoms with Crippen LogP contribution in [0.15, 0.2) is 0 Å². The molecule has 0 saturated carbocycles. The second-order valence-electron chi connectivity index (χ2n) is 9.59. The van der Waals surface area contributed by atoms with E-state index in [1.807, 2.05) is 0 Å². The number of halogens is 1. The van der Waals surface area contributed by atoms with Crippen molar-refractivity contribution in [2.24, 2.45) is 0 Å². The average Bonchev–Trinajstić information content (AvgIpc) is 2.69. The Hall–Kier alpha value is 0.570. The van der Waals surface area contributed by atoms with Crippen molar-refractivity contribution < 1.29 is 43.4 Å². The SMILES string of the molecule is CCCCCCCCCCCCCCCCCCOCC[N+](C)(C)CC(O)CO.[I-]. The molecule has 0 rings (SSSR count). The molecule has 1 unspecified atom stereocenters. The molecule has 4 nitrogen and oxygen atoms in total. The maximum Gasteiger partial charge on any atom is 0.126 e. The number of nitrogens with zero attached hydrogens (tertiary/aromatic N) is 1. The summed E-state index contributed by atoms with van der Waals surface area (Å²) < 4.78 is 6.43. The third kappa shape index (κ3) is 24.8. The number of unbranched alkanes of at least 4 members (excludes halogenated alkanes) is 15. The van der Waals surface area contributed by atoms with Crippen molar-refractivity contribution in [3.8, 4) is 0 Å². The molecule has 2 N–H and O–H groups in total. The Balaban J connectivity index is 0. The lowest BCUT2D eigenvalue weighted by Gasteiger charge is -2.31. The topological polar surface area (TPSA) is 49.7 Å². The standard InChI is InChI=1S/C25H54NO3.HI/c1-4-5-6-7-8-9-10-11-12-13-14-15-16-17-18-19-21-29-22-20-26(2,3)23-25(28)24-27;/h25,27-28H,4-24H2,1-3H3;1H/q+1;/p-1. The van der Waals surface area contributed by atoms with Gasteiger partial charge in [-0.15, -0.1) is 0 Å². The monoisotopic (exact) mass is 543 g/mol. The molecule has 0 aliphatic heterocycles. The van der Waals surface area contributed by atoms with E-state index in [2.05, 4.69) is 21.0 Å². The minimum Gasteiger partial charge on any atom is -1.00 e. The summed E-state index contributed by atoms with van der Waals surface area (Å²) in [7, 11) is 4.13. The van der Waals surface area contributed by atoms with Crippen molar-refractivity contribution in [3.05, 3.63) is 0 Å². The maximum absolute atomic E-state index is 9.55. The Morgan fingerprint density at radius 1 is 0.667 bits per heavy atom. The van der Waals surface area contributed by atoms with E-state index < -0.39 is 6.10 Å². The second-order valence-corrected chi connectivity index (χ2v) is 9.59. The van der Waals surface area contributed by atoms with Gasteiger partial charge in [0.2, 0.25) is 0 Å². The highest BCUT2D eigenvalue weighted by Gasteiger charge is 2.19. The van der Waals surface area contributed by atoms with Gasteiger partial charge in [-0.2, -0.15) is 0 Å². The fourth-order valence-electron chi connectivity index (χ4n) is 3.89. The Kier molecular flexibility index (Phi) is 26.4. The van der Waals surface area contributed by atoms with E-state index in [0.29, 0.717) is 11.0 Å². The van der Waals surface area contributed by atoms with Crippen LogP contribution < -0.4 is 24.0 Å². The van der Waals surface area contributed by atoms with Crippen LogP contribution in [0.3, 0.4) is 0 Å². The zero-order valence-electron chi connectivity index (χ0n) is 20.6. The van der Waals surface area contributed by atoms with Crippen LogP contribution >= 0.6 is 0 Å². The van der Waals surface area contributed by atoms with Crippen molar-refractivity contribution in [1.29, 1.82) is 0 Å². The Morgan fingerprint density at radius 2 is 1.07 bits per heavy atom. The quantitative estimate of drug-likeness (QED) is 0.118. The van der Waals surface area contributed by atoms with Crippen molar-refractivity contribution in [3.63, 3.8) is 0 Å². The minimum absolute atomic E-state index is 0. The summed E-state index contributed by atoms with van der Waals surface area (Å²) in [5.41, 5.74) is 0. The van der Waals surface area contributed by atoms with Crippen LogP contribution in [0.25, 0.3) is 0 Å². The molecule has 0 fully saturated rings. The smallest absolute Gasteiger partial charge is 0.126 e. The zero-order valence-corrected chi connectivity index (χ0v) is 22.7. The van der Waals surface area contributed by atoms with Gasteiger partial charge < -0.3 is 43.4 Å². The highest BCUT2D eigenvalue weighted by atomic mass is 127. The van der Waals surface area contributed by atoms with Crippen LogP contribution in [0.2, 0.25) is 0 Å². The molecule has 0 amide bonds. The van der Waals surface area contributed by atoms with Crippen molar-refractivity contribution in [1.82, 2.24) is 0 Å². The molecule has 0 radical (unpaired) electrons. The van der Waals surface area contributed by atoms with Gasteiger partial charge in [-0.25, -0.2) is 0 Å². The first-order valence-corrected chi connectivity index (χ1v) is 12.7. The zero-order chi connectivity index (χ0) is 21.6. The third-order valence-electron chi connectivity index (χ3n) is 5.90. The number of likely N-dealkylation sites (N-methyl/N-ethyl adjacent to an activating group) is 1. The lowest BCUT2D eigenvalue weighted by atomic mass is 10.0. The molecule has 0 aromatic carbocycles. The summed E-state index contributed by atoms with van der Waals surface area (Å²) in [4.78, 5) is 0. The van der Waals surface area contributed by atoms with Gasteiger partial charge in [0.25, 0.3) is 0 Å². The van der Waals surface area contributed by atoms with Crippen LogP contribution in [-0.2, 0) is 4.74 Å². The van der Waals surface area contributed by atoms with E-state index in [4.69, 9.17) is 9.84 Å². The van der Waals surface area contributed by atoms with Gasteiger partial charge in [0.05, 0.1) is 27.3 Å². The molecule has 0 aliphatic rings. The molecule has 184 valence electrons. The summed E-state index contributed by atoms with van der Waals surface area (Å²) in [5.74, 6) is 0. The van der Waals surface area contributed by atoms with Gasteiger partial charge in [0, 0.05) is 6.61 Å². The van der Waals surface area contributed by atoms with E-state index in [9.17, 15) is 5.11 Å². The van der Waals surface area contributed by atoms with Crippen LogP contribution in [0, 0.1) is 0 Å². The van der Waals surface area contributed by atoms with Gasteiger partial charge in [0.15, 0.2) is 0 Å². The molecule has 0 spiro atoms. The number of ether oxygens (including phenoxy) is 1. The van der Waals surface area contributed by atoms with Gasteiger partial charge in [-0.05, 0) is 6.42 Å². The van der Waals surface area contributed by atoms with Crippen LogP contribution in [0.1, 0.15) is 110 Å². The highest BCUT2D eigenvalue weighted by Crippen LogP contribution is 2.13. The molecule has 0 heterocycles. The lowest BCUT2D eigenvalue weighted by Crippen LogP contribution is -3.00. The number of quaternary nitrogens is 1. The van der Waals surface area contributed by atoms with E-state index in [0.717, 1.165) is 26.2 Å². The summed E-state index contributed by atoms with van der Waals surface area (Å²) >= 11 is 0. The van der Waals surface area contributed by atoms with Gasteiger partial charge >= 0.3 is 0 Å². The average molecular weight is 544 g/mol. The fourth-order valence-corrected chi connectivity index (χ4v) is 3.89. The molecule has 0 aromatic rings. The van der Waals surface area contributed by atoms with Crippen LogP contribution in [0.5, 0.6) is 0 Å². The third-order valence-corrected chi connectivity index (χ3v) is 5.90. The second kappa shape index (κ2) is 24.2. The van der Waals surface area contributed by atoms with E-state index in [1.165, 1.54) is 96.3 Å². The summed E-state index contributed by atoms with van der Waals surface area (Å²) in [5, 5.41) is 18.5. The van der Waals surface area contributed by atoms with Gasteiger partial charge in [-0.1, -0.05) is 103 Å². The van der Waals surface area contributed by atoms with E-state index >= 15 is 0 Å². The lowest BCUT2D eigenvalue weighted by molar-refractivity contribution is -0.893. The van der Waals surface area contributed by atoms with E-state index in [-0.39, 0.29) is 30.6 Å². The molecule has 0 aromatic heterocycles. The summed E-state index contributed by atoms with van der Waals surface area (Å²) in [6.45, 7) is 5.13. The van der Waals surface area contributed by atoms with Crippen molar-refractivity contribution in [2.75, 3.05) is 47.0 Å². The molecule has 0 saturated heterocycles. The first-order chi connectivity index (χ1) is 14.0. The number of hydrogen-bond acceptors (Lipinski definition) is 3. The Morgan fingerprint density at radius 3 is 1.47 bits per heavy atom. The Bertz CT molecular complexity index is 330. The molecule has 1 atom stereocenters.